The lowest BCUT2D eigenvalue weighted by atomic mass is 10.0. The molecule has 0 aromatic rings. The van der Waals surface area contributed by atoms with E-state index in [4.69, 9.17) is 0 Å². The van der Waals surface area contributed by atoms with E-state index >= 15 is 0 Å². The van der Waals surface area contributed by atoms with Crippen molar-refractivity contribution in [1.29, 1.82) is 0 Å². The first-order valence-electron chi connectivity index (χ1n) is 7.58. The van der Waals surface area contributed by atoms with Crippen molar-refractivity contribution in [3.8, 4) is 0 Å². The lowest BCUT2D eigenvalue weighted by molar-refractivity contribution is 0.141. The molecular weight excluding hydrogens is 234 g/mol. The minimum atomic E-state index is -0.300. The number of hydrogen-bond acceptors (Lipinski definition) is 1. The largest absolute Gasteiger partial charge is 0.316 e. The molecule has 0 N–H and O–H groups in total. The van der Waals surface area contributed by atoms with Crippen LogP contribution in [0.4, 0.5) is 0 Å². The van der Waals surface area contributed by atoms with Crippen molar-refractivity contribution in [2.45, 2.75) is 92.2 Å². The molecule has 1 nitrogen and oxygen atoms in total. The molecule has 0 radical (unpaired) electrons. The molecule has 0 rings (SSSR count). The van der Waals surface area contributed by atoms with Crippen molar-refractivity contribution < 1.29 is 0 Å². The highest BCUT2D eigenvalue weighted by atomic mass is 28.2. The number of nitrogens with zero attached hydrogens (tertiary/aromatic N) is 1. The van der Waals surface area contributed by atoms with Crippen LogP contribution in [0.1, 0.15) is 81.1 Å². The van der Waals surface area contributed by atoms with E-state index in [-0.39, 0.29) is 20.8 Å². The van der Waals surface area contributed by atoms with Gasteiger partial charge in [0.05, 0.1) is 0 Å². The molecule has 0 bridgehead atoms. The third-order valence-corrected chi connectivity index (χ3v) is 6.35. The number of allylic oxidation sites excluding steroid dienone is 1. The maximum Gasteiger partial charge on any atom is 0.120 e. The molecule has 0 saturated heterocycles. The third-order valence-electron chi connectivity index (χ3n) is 3.32. The third kappa shape index (κ3) is 6.74. The van der Waals surface area contributed by atoms with E-state index in [2.05, 4.69) is 65.7 Å². The van der Waals surface area contributed by atoms with Gasteiger partial charge in [0.15, 0.2) is 0 Å². The van der Waals surface area contributed by atoms with Crippen LogP contribution >= 0.6 is 0 Å². The lowest BCUT2D eigenvalue weighted by Crippen LogP contribution is -2.54. The summed E-state index contributed by atoms with van der Waals surface area (Å²) >= 11 is 0. The Kier molecular flexibility index (Phi) is 7.46. The fourth-order valence-corrected chi connectivity index (χ4v) is 4.69. The number of hydrogen-bond donors (Lipinski definition) is 0. The first-order chi connectivity index (χ1) is 8.12. The van der Waals surface area contributed by atoms with Crippen molar-refractivity contribution in [2.75, 3.05) is 0 Å². The monoisotopic (exact) mass is 269 g/mol. The molecule has 0 heterocycles. The Hall–Kier alpha value is -0.0831. The van der Waals surface area contributed by atoms with E-state index in [0.29, 0.717) is 0 Å². The van der Waals surface area contributed by atoms with Gasteiger partial charge in [-0.25, -0.2) is 0 Å². The van der Waals surface area contributed by atoms with Crippen molar-refractivity contribution in [3.05, 3.63) is 11.3 Å². The minimum Gasteiger partial charge on any atom is -0.316 e. The molecule has 0 amide bonds. The van der Waals surface area contributed by atoms with Crippen molar-refractivity contribution in [1.82, 2.24) is 4.57 Å². The van der Waals surface area contributed by atoms with Crippen molar-refractivity contribution in [2.24, 2.45) is 0 Å². The van der Waals surface area contributed by atoms with Crippen LogP contribution in [-0.4, -0.2) is 25.3 Å². The zero-order valence-corrected chi connectivity index (χ0v) is 15.5. The van der Waals surface area contributed by atoms with E-state index in [0.717, 1.165) is 0 Å². The second-order valence-corrected chi connectivity index (χ2v) is 8.72. The summed E-state index contributed by atoms with van der Waals surface area (Å²) in [5.74, 6) is 0. The molecule has 108 valence electrons. The summed E-state index contributed by atoms with van der Waals surface area (Å²) in [6, 6.07) is 0. The van der Waals surface area contributed by atoms with Crippen LogP contribution in [-0.2, 0) is 0 Å². The maximum atomic E-state index is 2.73. The van der Waals surface area contributed by atoms with Crippen molar-refractivity contribution in [3.63, 3.8) is 0 Å². The molecular formula is C16H35NSi. The zero-order chi connectivity index (χ0) is 14.4. The SMILES string of the molecule is CCCC(=C[SiH2]N(C(C)(C)C)C(C)(C)C)CCC. The van der Waals surface area contributed by atoms with E-state index in [9.17, 15) is 0 Å². The normalized spacial score (nSPS) is 13.6. The van der Waals surface area contributed by atoms with Gasteiger partial charge in [-0.15, -0.1) is 0 Å². The molecule has 0 unspecified atom stereocenters. The van der Waals surface area contributed by atoms with Gasteiger partial charge in [-0.05, 0) is 54.4 Å². The Morgan fingerprint density at radius 2 is 1.28 bits per heavy atom. The van der Waals surface area contributed by atoms with E-state index < -0.39 is 0 Å². The Balaban J connectivity index is 4.83. The second-order valence-electron chi connectivity index (χ2n) is 7.31. The summed E-state index contributed by atoms with van der Waals surface area (Å²) < 4.78 is 2.73. The summed E-state index contributed by atoms with van der Waals surface area (Å²) in [5, 5.41) is 0. The average Bonchev–Trinajstić information content (AvgIpc) is 2.14. The van der Waals surface area contributed by atoms with Gasteiger partial charge >= 0.3 is 0 Å². The van der Waals surface area contributed by atoms with Crippen LogP contribution in [0.3, 0.4) is 0 Å². The van der Waals surface area contributed by atoms with Crippen LogP contribution in [0.25, 0.3) is 0 Å². The van der Waals surface area contributed by atoms with Gasteiger partial charge in [0.1, 0.15) is 9.68 Å². The van der Waals surface area contributed by atoms with Gasteiger partial charge in [-0.2, -0.15) is 0 Å². The van der Waals surface area contributed by atoms with Crippen LogP contribution in [0, 0.1) is 0 Å². The highest BCUT2D eigenvalue weighted by Crippen LogP contribution is 2.24. The summed E-state index contributed by atoms with van der Waals surface area (Å²) in [6.45, 7) is 18.6. The topological polar surface area (TPSA) is 3.24 Å². The summed E-state index contributed by atoms with van der Waals surface area (Å²) in [5.41, 5.74) is 4.88. The summed E-state index contributed by atoms with van der Waals surface area (Å²) in [6.07, 6.45) is 5.16. The molecule has 0 aromatic heterocycles. The Morgan fingerprint density at radius 1 is 0.889 bits per heavy atom. The molecule has 0 fully saturated rings. The van der Waals surface area contributed by atoms with E-state index in [1.807, 2.05) is 0 Å². The van der Waals surface area contributed by atoms with Gasteiger partial charge in [0.2, 0.25) is 0 Å². The smallest absolute Gasteiger partial charge is 0.120 e. The predicted octanol–water partition coefficient (Wildman–Crippen LogP) is 4.45. The quantitative estimate of drug-likeness (QED) is 0.644. The molecule has 0 atom stereocenters. The number of rotatable bonds is 6. The Labute approximate surface area is 118 Å². The van der Waals surface area contributed by atoms with Gasteiger partial charge in [-0.3, -0.25) is 0 Å². The molecule has 2 heteroatoms. The maximum absolute atomic E-state index is 2.73. The van der Waals surface area contributed by atoms with Crippen LogP contribution < -0.4 is 0 Å². The zero-order valence-electron chi connectivity index (χ0n) is 14.1. The summed E-state index contributed by atoms with van der Waals surface area (Å²) in [7, 11) is -0.300. The van der Waals surface area contributed by atoms with Gasteiger partial charge in [0, 0.05) is 11.1 Å². The molecule has 0 spiro atoms. The molecule has 0 saturated carbocycles. The van der Waals surface area contributed by atoms with Crippen molar-refractivity contribution >= 4 is 9.68 Å². The Bertz CT molecular complexity index is 233. The highest BCUT2D eigenvalue weighted by Gasteiger charge is 2.30. The molecule has 0 aliphatic rings. The average molecular weight is 270 g/mol. The first-order valence-corrected chi connectivity index (χ1v) is 9.03. The minimum absolute atomic E-state index is 0.282. The highest BCUT2D eigenvalue weighted by molar-refractivity contribution is 6.39. The standard InChI is InChI=1S/C16H35NSi/c1-9-11-14(12-10-2)13-18-17(15(3,4)5)16(6,7)8/h13H,9-12,18H2,1-8H3. The Morgan fingerprint density at radius 3 is 1.56 bits per heavy atom. The van der Waals surface area contributed by atoms with Gasteiger partial charge in [-0.1, -0.05) is 38.0 Å². The van der Waals surface area contributed by atoms with Crippen LogP contribution in [0.2, 0.25) is 0 Å². The molecule has 0 aliphatic heterocycles. The van der Waals surface area contributed by atoms with Crippen LogP contribution in [0.5, 0.6) is 0 Å². The fraction of sp³-hybridized carbons (Fsp3) is 0.875. The second kappa shape index (κ2) is 7.49. The summed E-state index contributed by atoms with van der Waals surface area (Å²) in [4.78, 5) is 0. The van der Waals surface area contributed by atoms with Crippen LogP contribution in [0.15, 0.2) is 11.3 Å². The van der Waals surface area contributed by atoms with Gasteiger partial charge in [0.25, 0.3) is 0 Å². The fourth-order valence-electron chi connectivity index (χ4n) is 2.75. The van der Waals surface area contributed by atoms with E-state index in [1.54, 1.807) is 5.57 Å². The molecule has 0 aliphatic carbocycles. The molecule has 0 aromatic carbocycles. The van der Waals surface area contributed by atoms with Gasteiger partial charge < -0.3 is 4.57 Å². The first kappa shape index (κ1) is 17.9. The predicted molar refractivity (Wildman–Crippen MR) is 87.8 cm³/mol. The molecule has 18 heavy (non-hydrogen) atoms. The van der Waals surface area contributed by atoms with E-state index in [1.165, 1.54) is 25.7 Å². The lowest BCUT2D eigenvalue weighted by Gasteiger charge is -2.45.